The average Bonchev–Trinajstić information content (AvgIpc) is 3.49. The summed E-state index contributed by atoms with van der Waals surface area (Å²) >= 11 is 0. The summed E-state index contributed by atoms with van der Waals surface area (Å²) in [5, 5.41) is 8.69. The summed E-state index contributed by atoms with van der Waals surface area (Å²) in [6.45, 7) is 0. The van der Waals surface area contributed by atoms with Gasteiger partial charge in [-0.3, -0.25) is 9.48 Å². The van der Waals surface area contributed by atoms with E-state index in [4.69, 9.17) is 5.10 Å². The van der Waals surface area contributed by atoms with Crippen LogP contribution in [0.3, 0.4) is 0 Å². The number of aromatic nitrogens is 2. The summed E-state index contributed by atoms with van der Waals surface area (Å²) in [6, 6.07) is 49.5. The number of carbonyl (C=O) groups excluding carboxylic acids is 1. The zero-order chi connectivity index (χ0) is 27.6. The van der Waals surface area contributed by atoms with Gasteiger partial charge in [0, 0.05) is 17.3 Å². The van der Waals surface area contributed by atoms with Gasteiger partial charge in [-0.1, -0.05) is 140 Å². The average molecular weight is 532 g/mol. The Morgan fingerprint density at radius 3 is 1.66 bits per heavy atom. The van der Waals surface area contributed by atoms with E-state index >= 15 is 0 Å². The third kappa shape index (κ3) is 4.25. The third-order valence-electron chi connectivity index (χ3n) is 8.07. The highest BCUT2D eigenvalue weighted by atomic mass is 16.1. The van der Waals surface area contributed by atoms with E-state index in [0.29, 0.717) is 6.42 Å². The molecule has 1 aliphatic rings. The maximum atomic E-state index is 13.2. The Kier molecular flexibility index (Phi) is 6.29. The van der Waals surface area contributed by atoms with Gasteiger partial charge in [0.25, 0.3) is 5.91 Å². The van der Waals surface area contributed by atoms with Crippen LogP contribution in [0.15, 0.2) is 152 Å². The van der Waals surface area contributed by atoms with Crippen LogP contribution in [0.5, 0.6) is 0 Å². The van der Waals surface area contributed by atoms with Crippen molar-refractivity contribution in [3.63, 3.8) is 0 Å². The van der Waals surface area contributed by atoms with Crippen LogP contribution < -0.4 is 5.32 Å². The molecular formula is C37H29N3O. The van der Waals surface area contributed by atoms with Gasteiger partial charge in [0.1, 0.15) is 5.54 Å². The molecule has 0 saturated heterocycles. The van der Waals surface area contributed by atoms with Gasteiger partial charge in [-0.25, -0.2) is 0 Å². The first kappa shape index (κ1) is 24.8. The topological polar surface area (TPSA) is 46.9 Å². The van der Waals surface area contributed by atoms with Gasteiger partial charge in [-0.15, -0.1) is 0 Å². The molecular weight excluding hydrogens is 502 g/mol. The lowest BCUT2D eigenvalue weighted by molar-refractivity contribution is 0.0924. The first-order valence-electron chi connectivity index (χ1n) is 14.0. The largest absolute Gasteiger partial charge is 0.343 e. The number of amides is 1. The molecule has 5 aromatic carbocycles. The normalized spacial score (nSPS) is 14.7. The van der Waals surface area contributed by atoms with Crippen molar-refractivity contribution in [1.29, 1.82) is 0 Å². The molecule has 4 nitrogen and oxygen atoms in total. The number of nitrogens with one attached hydrogen (secondary N) is 1. The van der Waals surface area contributed by atoms with E-state index in [1.807, 2.05) is 60.7 Å². The van der Waals surface area contributed by atoms with Crippen LogP contribution >= 0.6 is 0 Å². The molecule has 1 aliphatic heterocycles. The van der Waals surface area contributed by atoms with Gasteiger partial charge in [0.2, 0.25) is 0 Å². The Balaban J connectivity index is 1.52. The Morgan fingerprint density at radius 1 is 0.610 bits per heavy atom. The number of benzene rings is 5. The summed E-state index contributed by atoms with van der Waals surface area (Å²) in [5.74, 6) is -0.0640. The zero-order valence-corrected chi connectivity index (χ0v) is 22.5. The quantitative estimate of drug-likeness (QED) is 0.227. The second-order valence-corrected chi connectivity index (χ2v) is 10.4. The molecule has 0 bridgehead atoms. The molecule has 0 spiro atoms. The molecule has 1 aromatic heterocycles. The van der Waals surface area contributed by atoms with E-state index in [2.05, 4.69) is 101 Å². The molecule has 198 valence electrons. The highest BCUT2D eigenvalue weighted by Gasteiger charge is 2.41. The van der Waals surface area contributed by atoms with Crippen LogP contribution in [-0.4, -0.2) is 15.7 Å². The van der Waals surface area contributed by atoms with Gasteiger partial charge in [-0.2, -0.15) is 5.10 Å². The molecule has 1 unspecified atom stereocenters. The van der Waals surface area contributed by atoms with E-state index in [1.54, 1.807) is 0 Å². The maximum Gasteiger partial charge on any atom is 0.252 e. The summed E-state index contributed by atoms with van der Waals surface area (Å²) < 4.78 is 2.11. The second kappa shape index (κ2) is 10.4. The van der Waals surface area contributed by atoms with Crippen LogP contribution in [0.25, 0.3) is 11.1 Å². The lowest BCUT2D eigenvalue weighted by Gasteiger charge is -2.36. The van der Waals surface area contributed by atoms with Crippen LogP contribution in [0, 0.1) is 0 Å². The molecule has 0 aliphatic carbocycles. The molecule has 41 heavy (non-hydrogen) atoms. The number of carbonyl (C=O) groups is 1. The van der Waals surface area contributed by atoms with Gasteiger partial charge < -0.3 is 5.32 Å². The number of rotatable bonds is 6. The summed E-state index contributed by atoms with van der Waals surface area (Å²) in [7, 11) is 0. The lowest BCUT2D eigenvalue weighted by Crippen LogP contribution is -2.39. The van der Waals surface area contributed by atoms with E-state index < -0.39 is 5.54 Å². The van der Waals surface area contributed by atoms with Gasteiger partial charge in [-0.05, 0) is 40.3 Å². The summed E-state index contributed by atoms with van der Waals surface area (Å²) in [5.41, 5.74) is 7.24. The van der Waals surface area contributed by atoms with Crippen LogP contribution in [0.1, 0.15) is 44.3 Å². The third-order valence-corrected chi connectivity index (χ3v) is 8.07. The minimum Gasteiger partial charge on any atom is -0.343 e. The van der Waals surface area contributed by atoms with Crippen molar-refractivity contribution in [1.82, 2.24) is 15.1 Å². The highest BCUT2D eigenvalue weighted by molar-refractivity contribution is 5.97. The molecule has 7 rings (SSSR count). The Hall–Kier alpha value is -5.22. The van der Waals surface area contributed by atoms with Crippen molar-refractivity contribution >= 4 is 5.91 Å². The van der Waals surface area contributed by atoms with Crippen molar-refractivity contribution in [3.05, 3.63) is 185 Å². The fourth-order valence-corrected chi connectivity index (χ4v) is 6.18. The first-order valence-corrected chi connectivity index (χ1v) is 14.0. The van der Waals surface area contributed by atoms with E-state index in [1.165, 1.54) is 0 Å². The Morgan fingerprint density at radius 2 is 1.10 bits per heavy atom. The fourth-order valence-electron chi connectivity index (χ4n) is 6.18. The predicted octanol–water partition coefficient (Wildman–Crippen LogP) is 7.42. The fraction of sp³-hybridized carbons (Fsp3) is 0.0811. The van der Waals surface area contributed by atoms with Crippen molar-refractivity contribution in [3.8, 4) is 11.1 Å². The van der Waals surface area contributed by atoms with E-state index in [0.717, 1.165) is 44.6 Å². The number of nitrogens with zero attached hydrogens (tertiary/aromatic N) is 2. The molecule has 4 heteroatoms. The van der Waals surface area contributed by atoms with E-state index in [9.17, 15) is 4.79 Å². The summed E-state index contributed by atoms with van der Waals surface area (Å²) in [6.07, 6.45) is 2.83. The molecule has 2 heterocycles. The minimum absolute atomic E-state index is 0.0640. The lowest BCUT2D eigenvalue weighted by atomic mass is 9.77. The zero-order valence-electron chi connectivity index (χ0n) is 22.5. The smallest absolute Gasteiger partial charge is 0.252 e. The minimum atomic E-state index is -0.748. The molecule has 1 atom stereocenters. The van der Waals surface area contributed by atoms with Crippen LogP contribution in [-0.2, 0) is 12.0 Å². The Bertz CT molecular complexity index is 1700. The van der Waals surface area contributed by atoms with Crippen molar-refractivity contribution in [2.75, 3.05) is 0 Å². The molecule has 0 fully saturated rings. The van der Waals surface area contributed by atoms with Gasteiger partial charge >= 0.3 is 0 Å². The van der Waals surface area contributed by atoms with Crippen molar-refractivity contribution in [2.24, 2.45) is 0 Å². The first-order chi connectivity index (χ1) is 20.2. The standard InChI is InChI=1S/C37H29N3O/c41-36-32-24-14-13-17-28(32)25-34(38-36)35-33(27-15-5-1-6-16-27)26-40(39-35)37(29-18-7-2-8-19-29,30-20-9-3-10-21-30)31-22-11-4-12-23-31/h1-24,26,34H,25H2,(H,38,41). The van der Waals surface area contributed by atoms with Gasteiger partial charge in [0.15, 0.2) is 0 Å². The monoisotopic (exact) mass is 531 g/mol. The molecule has 0 radical (unpaired) electrons. The van der Waals surface area contributed by atoms with Crippen molar-refractivity contribution in [2.45, 2.75) is 18.0 Å². The van der Waals surface area contributed by atoms with Crippen LogP contribution in [0.2, 0.25) is 0 Å². The van der Waals surface area contributed by atoms with Crippen LogP contribution in [0.4, 0.5) is 0 Å². The summed E-state index contributed by atoms with van der Waals surface area (Å²) in [4.78, 5) is 13.2. The SMILES string of the molecule is O=C1NC(c2nn(C(c3ccccc3)(c3ccccc3)c3ccccc3)cc2-c2ccccc2)Cc2ccccc21. The molecule has 1 N–H and O–H groups in total. The Labute approximate surface area is 239 Å². The predicted molar refractivity (Wildman–Crippen MR) is 163 cm³/mol. The van der Waals surface area contributed by atoms with E-state index in [-0.39, 0.29) is 11.9 Å². The second-order valence-electron chi connectivity index (χ2n) is 10.4. The number of hydrogen-bond acceptors (Lipinski definition) is 2. The van der Waals surface area contributed by atoms with Crippen molar-refractivity contribution < 1.29 is 4.79 Å². The molecule has 1 amide bonds. The highest BCUT2D eigenvalue weighted by Crippen LogP contribution is 2.43. The number of fused-ring (bicyclic) bond motifs is 1. The van der Waals surface area contributed by atoms with Gasteiger partial charge in [0.05, 0.1) is 11.7 Å². The molecule has 6 aromatic rings. The number of hydrogen-bond donors (Lipinski definition) is 1. The molecule has 0 saturated carbocycles. The maximum absolute atomic E-state index is 13.2.